The zero-order valence-corrected chi connectivity index (χ0v) is 24.7. The van der Waals surface area contributed by atoms with Gasteiger partial charge in [0.05, 0.1) is 29.9 Å². The third-order valence-corrected chi connectivity index (χ3v) is 8.17. The second-order valence-electron chi connectivity index (χ2n) is 9.93. The SMILES string of the molecule is Cc1ccc(Cl)cc1N(Cc1ccc(C(=O)N/N=C\c2ccc(OCC(C)C)cc2)cc1)S(=O)(=O)c1ccccc1. The molecule has 0 saturated carbocycles. The van der Waals surface area contributed by atoms with Gasteiger partial charge in [0.1, 0.15) is 5.75 Å². The van der Waals surface area contributed by atoms with Crippen LogP contribution in [0.4, 0.5) is 5.69 Å². The van der Waals surface area contributed by atoms with Gasteiger partial charge in [0.2, 0.25) is 0 Å². The Morgan fingerprint density at radius 3 is 2.32 bits per heavy atom. The molecule has 0 radical (unpaired) electrons. The number of hydrazone groups is 1. The lowest BCUT2D eigenvalue weighted by atomic mass is 10.1. The fraction of sp³-hybridized carbons (Fsp3) is 0.188. The molecule has 41 heavy (non-hydrogen) atoms. The molecule has 1 amide bonds. The minimum Gasteiger partial charge on any atom is -0.493 e. The molecule has 0 heterocycles. The minimum atomic E-state index is -3.90. The number of halogens is 1. The summed E-state index contributed by atoms with van der Waals surface area (Å²) in [6.45, 7) is 6.70. The van der Waals surface area contributed by atoms with Crippen molar-refractivity contribution in [1.82, 2.24) is 5.43 Å². The normalized spacial score (nSPS) is 11.5. The molecule has 0 aromatic heterocycles. The minimum absolute atomic E-state index is 0.0509. The predicted octanol–water partition coefficient (Wildman–Crippen LogP) is 6.84. The van der Waals surface area contributed by atoms with Crippen LogP contribution in [0.1, 0.15) is 40.9 Å². The third kappa shape index (κ3) is 7.96. The second kappa shape index (κ2) is 13.5. The Balaban J connectivity index is 1.46. The molecule has 0 spiro atoms. The Hall–Kier alpha value is -4.14. The molecule has 0 bridgehead atoms. The van der Waals surface area contributed by atoms with E-state index in [1.54, 1.807) is 79.0 Å². The zero-order valence-electron chi connectivity index (χ0n) is 23.1. The van der Waals surface area contributed by atoms with Crippen LogP contribution in [-0.4, -0.2) is 27.1 Å². The van der Waals surface area contributed by atoms with E-state index in [1.807, 2.05) is 31.2 Å². The summed E-state index contributed by atoms with van der Waals surface area (Å²) >= 11 is 6.24. The lowest BCUT2D eigenvalue weighted by molar-refractivity contribution is 0.0955. The summed E-state index contributed by atoms with van der Waals surface area (Å²) in [5, 5.41) is 4.48. The molecule has 4 aromatic rings. The fourth-order valence-electron chi connectivity index (χ4n) is 3.94. The number of hydrogen-bond acceptors (Lipinski definition) is 5. The van der Waals surface area contributed by atoms with Crippen LogP contribution in [0.15, 0.2) is 107 Å². The van der Waals surface area contributed by atoms with Gasteiger partial charge in [0.25, 0.3) is 15.9 Å². The lowest BCUT2D eigenvalue weighted by Gasteiger charge is -2.26. The van der Waals surface area contributed by atoms with Gasteiger partial charge in [-0.25, -0.2) is 13.8 Å². The Morgan fingerprint density at radius 2 is 1.66 bits per heavy atom. The highest BCUT2D eigenvalue weighted by atomic mass is 35.5. The molecule has 0 unspecified atom stereocenters. The van der Waals surface area contributed by atoms with E-state index in [1.165, 1.54) is 4.31 Å². The molecule has 212 valence electrons. The smallest absolute Gasteiger partial charge is 0.271 e. The first-order valence-corrected chi connectivity index (χ1v) is 14.9. The standard InChI is InChI=1S/C32H32ClN3O4S/c1-23(2)22-40-29-17-12-25(13-18-29)20-34-35-32(37)27-14-10-26(11-15-27)21-36(31-19-28(33)16-9-24(31)3)41(38,39)30-7-5-4-6-8-30/h4-20,23H,21-22H2,1-3H3,(H,35,37)/b34-20-. The monoisotopic (exact) mass is 589 g/mol. The summed E-state index contributed by atoms with van der Waals surface area (Å²) in [6, 6.07) is 27.6. The number of nitrogens with one attached hydrogen (secondary N) is 1. The Kier molecular flexibility index (Phi) is 9.81. The molecule has 4 rings (SSSR count). The maximum Gasteiger partial charge on any atom is 0.271 e. The van der Waals surface area contributed by atoms with Gasteiger partial charge in [-0.2, -0.15) is 5.10 Å². The number of sulfonamides is 1. The summed E-state index contributed by atoms with van der Waals surface area (Å²) in [5.74, 6) is 0.832. The number of ether oxygens (including phenoxy) is 1. The number of anilines is 1. The first-order valence-electron chi connectivity index (χ1n) is 13.1. The van der Waals surface area contributed by atoms with Gasteiger partial charge in [0.15, 0.2) is 0 Å². The van der Waals surface area contributed by atoms with E-state index in [0.717, 1.165) is 16.9 Å². The van der Waals surface area contributed by atoms with Crippen molar-refractivity contribution in [2.45, 2.75) is 32.2 Å². The number of hydrogen-bond donors (Lipinski definition) is 1. The van der Waals surface area contributed by atoms with Crippen molar-refractivity contribution in [3.63, 3.8) is 0 Å². The lowest BCUT2D eigenvalue weighted by Crippen LogP contribution is -2.31. The summed E-state index contributed by atoms with van der Waals surface area (Å²) < 4.78 is 34.4. The van der Waals surface area contributed by atoms with Crippen LogP contribution < -0.4 is 14.5 Å². The van der Waals surface area contributed by atoms with Gasteiger partial charge in [-0.05, 0) is 90.2 Å². The number of nitrogens with zero attached hydrogens (tertiary/aromatic N) is 2. The number of aryl methyl sites for hydroxylation is 1. The van der Waals surface area contributed by atoms with Crippen molar-refractivity contribution in [2.24, 2.45) is 11.0 Å². The average molecular weight is 590 g/mol. The topological polar surface area (TPSA) is 88.1 Å². The van der Waals surface area contributed by atoms with Gasteiger partial charge in [-0.3, -0.25) is 9.10 Å². The predicted molar refractivity (Wildman–Crippen MR) is 164 cm³/mol. The molecule has 0 atom stereocenters. The Labute approximate surface area is 246 Å². The van der Waals surface area contributed by atoms with Crippen LogP contribution in [0.25, 0.3) is 0 Å². The first kappa shape index (κ1) is 29.8. The Morgan fingerprint density at radius 1 is 0.976 bits per heavy atom. The molecule has 4 aromatic carbocycles. The molecule has 0 aliphatic heterocycles. The number of benzene rings is 4. The number of carbonyl (C=O) groups excluding carboxylic acids is 1. The molecule has 0 fully saturated rings. The van der Waals surface area contributed by atoms with Gasteiger partial charge in [-0.15, -0.1) is 0 Å². The highest BCUT2D eigenvalue weighted by Gasteiger charge is 2.26. The van der Waals surface area contributed by atoms with Gasteiger partial charge in [-0.1, -0.05) is 61.8 Å². The Bertz CT molecular complexity index is 1610. The van der Waals surface area contributed by atoms with Crippen molar-refractivity contribution in [1.29, 1.82) is 0 Å². The van der Waals surface area contributed by atoms with E-state index in [-0.39, 0.29) is 17.3 Å². The van der Waals surface area contributed by atoms with Crippen LogP contribution >= 0.6 is 11.6 Å². The van der Waals surface area contributed by atoms with Crippen molar-refractivity contribution in [2.75, 3.05) is 10.9 Å². The number of rotatable bonds is 11. The number of carbonyl (C=O) groups is 1. The van der Waals surface area contributed by atoms with Crippen molar-refractivity contribution in [3.8, 4) is 5.75 Å². The van der Waals surface area contributed by atoms with E-state index in [2.05, 4.69) is 24.4 Å². The van der Waals surface area contributed by atoms with Crippen molar-refractivity contribution >= 4 is 39.4 Å². The van der Waals surface area contributed by atoms with Crippen LogP contribution in [0.3, 0.4) is 0 Å². The summed E-state index contributed by atoms with van der Waals surface area (Å²) in [6.07, 6.45) is 1.55. The maximum atomic E-state index is 13.7. The zero-order chi connectivity index (χ0) is 29.4. The van der Waals surface area contributed by atoms with Crippen molar-refractivity contribution < 1.29 is 17.9 Å². The van der Waals surface area contributed by atoms with E-state index in [9.17, 15) is 13.2 Å². The second-order valence-corrected chi connectivity index (χ2v) is 12.2. The molecule has 1 N–H and O–H groups in total. The third-order valence-electron chi connectivity index (χ3n) is 6.16. The molecule has 0 aliphatic rings. The summed E-state index contributed by atoms with van der Waals surface area (Å²) in [7, 11) is -3.90. The van der Waals surface area contributed by atoms with Crippen molar-refractivity contribution in [3.05, 3.63) is 124 Å². The summed E-state index contributed by atoms with van der Waals surface area (Å²) in [4.78, 5) is 12.8. The van der Waals surface area contributed by atoms with Crippen LogP contribution in [0.2, 0.25) is 5.02 Å². The van der Waals surface area contributed by atoms with E-state index < -0.39 is 10.0 Å². The number of amides is 1. The largest absolute Gasteiger partial charge is 0.493 e. The molecule has 7 nitrogen and oxygen atoms in total. The average Bonchev–Trinajstić information content (AvgIpc) is 2.97. The van der Waals surface area contributed by atoms with Gasteiger partial charge in [0, 0.05) is 10.6 Å². The fourth-order valence-corrected chi connectivity index (χ4v) is 5.64. The highest BCUT2D eigenvalue weighted by Crippen LogP contribution is 2.31. The molecule has 0 saturated heterocycles. The summed E-state index contributed by atoms with van der Waals surface area (Å²) in [5.41, 5.74) is 5.67. The van der Waals surface area contributed by atoms with E-state index in [4.69, 9.17) is 16.3 Å². The quantitative estimate of drug-likeness (QED) is 0.153. The highest BCUT2D eigenvalue weighted by molar-refractivity contribution is 7.92. The molecular weight excluding hydrogens is 558 g/mol. The van der Waals surface area contributed by atoms with Crippen LogP contribution in [0, 0.1) is 12.8 Å². The molecule has 9 heteroatoms. The molecular formula is C32H32ClN3O4S. The van der Waals surface area contributed by atoms with Gasteiger partial charge < -0.3 is 4.74 Å². The van der Waals surface area contributed by atoms with Crippen LogP contribution in [-0.2, 0) is 16.6 Å². The molecule has 0 aliphatic carbocycles. The van der Waals surface area contributed by atoms with Crippen LogP contribution in [0.5, 0.6) is 5.75 Å². The maximum absolute atomic E-state index is 13.7. The van der Waals surface area contributed by atoms with Gasteiger partial charge >= 0.3 is 0 Å². The van der Waals surface area contributed by atoms with E-state index in [0.29, 0.717) is 34.4 Å². The first-order chi connectivity index (χ1) is 19.6. The van der Waals surface area contributed by atoms with E-state index >= 15 is 0 Å².